The summed E-state index contributed by atoms with van der Waals surface area (Å²) in [6.45, 7) is 2.75. The molecular formula is C18H21N3O3S. The molecule has 1 amide bonds. The minimum absolute atomic E-state index is 0.0755. The standard InChI is InChI=1S/C18H21N3O3S/c1-24-18(23)14-4-2-13(3-5-14)17-21-11-15(25-17)16(22)20-10-12-6-8-19-9-7-12/h2-5,11-12,19H,6-10H2,1H3,(H,20,22). The van der Waals surface area contributed by atoms with E-state index in [2.05, 4.69) is 20.4 Å². The van der Waals surface area contributed by atoms with Gasteiger partial charge in [-0.15, -0.1) is 11.3 Å². The molecule has 1 aromatic heterocycles. The van der Waals surface area contributed by atoms with E-state index in [1.54, 1.807) is 18.3 Å². The number of piperidine rings is 1. The maximum atomic E-state index is 12.3. The van der Waals surface area contributed by atoms with E-state index in [1.807, 2.05) is 12.1 Å². The molecule has 0 aliphatic carbocycles. The third-order valence-electron chi connectivity index (χ3n) is 4.29. The Bertz CT molecular complexity index is 736. The first-order valence-corrected chi connectivity index (χ1v) is 9.12. The minimum atomic E-state index is -0.372. The molecule has 0 unspecified atom stereocenters. The smallest absolute Gasteiger partial charge is 0.337 e. The molecule has 132 valence electrons. The van der Waals surface area contributed by atoms with Crippen LogP contribution in [-0.4, -0.2) is 43.6 Å². The van der Waals surface area contributed by atoms with Crippen molar-refractivity contribution in [3.05, 3.63) is 40.9 Å². The molecule has 0 atom stereocenters. The van der Waals surface area contributed by atoms with Gasteiger partial charge in [-0.1, -0.05) is 12.1 Å². The first-order valence-electron chi connectivity index (χ1n) is 8.31. The van der Waals surface area contributed by atoms with E-state index in [-0.39, 0.29) is 11.9 Å². The molecule has 3 rings (SSSR count). The third-order valence-corrected chi connectivity index (χ3v) is 5.34. The van der Waals surface area contributed by atoms with Crippen LogP contribution in [-0.2, 0) is 4.74 Å². The molecule has 1 fully saturated rings. The summed E-state index contributed by atoms with van der Waals surface area (Å²) in [5.74, 6) is 0.0978. The van der Waals surface area contributed by atoms with E-state index in [0.29, 0.717) is 22.9 Å². The van der Waals surface area contributed by atoms with E-state index in [9.17, 15) is 9.59 Å². The summed E-state index contributed by atoms with van der Waals surface area (Å²) in [6, 6.07) is 7.00. The maximum Gasteiger partial charge on any atom is 0.337 e. The molecule has 2 aromatic rings. The van der Waals surface area contributed by atoms with E-state index >= 15 is 0 Å². The molecule has 0 saturated carbocycles. The zero-order valence-corrected chi connectivity index (χ0v) is 14.9. The molecule has 0 bridgehead atoms. The SMILES string of the molecule is COC(=O)c1ccc(-c2ncc(C(=O)NCC3CCNCC3)s2)cc1. The lowest BCUT2D eigenvalue weighted by atomic mass is 9.98. The number of hydrogen-bond donors (Lipinski definition) is 2. The second kappa shape index (κ2) is 8.22. The van der Waals surface area contributed by atoms with Crippen LogP contribution >= 0.6 is 11.3 Å². The molecule has 1 aliphatic rings. The molecule has 6 nitrogen and oxygen atoms in total. The minimum Gasteiger partial charge on any atom is -0.465 e. The Hall–Kier alpha value is -2.25. The summed E-state index contributed by atoms with van der Waals surface area (Å²) in [5, 5.41) is 7.08. The van der Waals surface area contributed by atoms with E-state index in [1.165, 1.54) is 18.4 Å². The second-order valence-corrected chi connectivity index (χ2v) is 7.03. The van der Waals surface area contributed by atoms with Gasteiger partial charge in [-0.3, -0.25) is 4.79 Å². The van der Waals surface area contributed by atoms with Crippen molar-refractivity contribution in [2.24, 2.45) is 5.92 Å². The number of aromatic nitrogens is 1. The Balaban J connectivity index is 1.61. The molecule has 0 radical (unpaired) electrons. The van der Waals surface area contributed by atoms with Gasteiger partial charge in [0.2, 0.25) is 0 Å². The van der Waals surface area contributed by atoms with Gasteiger partial charge in [-0.25, -0.2) is 9.78 Å². The number of nitrogens with one attached hydrogen (secondary N) is 2. The van der Waals surface area contributed by atoms with E-state index in [0.717, 1.165) is 36.5 Å². The Morgan fingerprint density at radius 2 is 2.00 bits per heavy atom. The molecule has 1 saturated heterocycles. The monoisotopic (exact) mass is 359 g/mol. The summed E-state index contributed by atoms with van der Waals surface area (Å²) < 4.78 is 4.69. The van der Waals surface area contributed by atoms with Crippen molar-refractivity contribution in [1.82, 2.24) is 15.6 Å². The average Bonchev–Trinajstić information content (AvgIpc) is 3.17. The quantitative estimate of drug-likeness (QED) is 0.801. The highest BCUT2D eigenvalue weighted by molar-refractivity contribution is 7.16. The summed E-state index contributed by atoms with van der Waals surface area (Å²) in [5.41, 5.74) is 1.36. The Labute approximate surface area is 150 Å². The predicted molar refractivity (Wildman–Crippen MR) is 96.8 cm³/mol. The number of carbonyl (C=O) groups is 2. The zero-order valence-electron chi connectivity index (χ0n) is 14.1. The van der Waals surface area contributed by atoms with Crippen LogP contribution in [0, 0.1) is 5.92 Å². The summed E-state index contributed by atoms with van der Waals surface area (Å²) in [6.07, 6.45) is 3.80. The number of carbonyl (C=O) groups excluding carboxylic acids is 2. The van der Waals surface area contributed by atoms with Gasteiger partial charge in [-0.05, 0) is 44.0 Å². The largest absolute Gasteiger partial charge is 0.465 e. The third kappa shape index (κ3) is 4.43. The van der Waals surface area contributed by atoms with Crippen LogP contribution in [0.15, 0.2) is 30.5 Å². The molecule has 1 aliphatic heterocycles. The lowest BCUT2D eigenvalue weighted by Crippen LogP contribution is -2.35. The van der Waals surface area contributed by atoms with Gasteiger partial charge in [0, 0.05) is 12.1 Å². The van der Waals surface area contributed by atoms with Crippen molar-refractivity contribution in [3.8, 4) is 10.6 Å². The number of hydrogen-bond acceptors (Lipinski definition) is 6. The van der Waals surface area contributed by atoms with Crippen LogP contribution < -0.4 is 10.6 Å². The molecule has 0 spiro atoms. The summed E-state index contributed by atoms with van der Waals surface area (Å²) >= 11 is 1.35. The van der Waals surface area contributed by atoms with E-state index < -0.39 is 0 Å². The number of ether oxygens (including phenoxy) is 1. The average molecular weight is 359 g/mol. The number of amides is 1. The van der Waals surface area contributed by atoms with Gasteiger partial charge in [0.1, 0.15) is 9.88 Å². The van der Waals surface area contributed by atoms with Gasteiger partial charge in [-0.2, -0.15) is 0 Å². The van der Waals surface area contributed by atoms with Crippen LogP contribution in [0.25, 0.3) is 10.6 Å². The number of esters is 1. The fourth-order valence-corrected chi connectivity index (χ4v) is 3.63. The number of nitrogens with zero attached hydrogens (tertiary/aromatic N) is 1. The number of rotatable bonds is 5. The van der Waals surface area contributed by atoms with E-state index in [4.69, 9.17) is 0 Å². The van der Waals surface area contributed by atoms with Crippen molar-refractivity contribution < 1.29 is 14.3 Å². The Morgan fingerprint density at radius 1 is 1.28 bits per heavy atom. The van der Waals surface area contributed by atoms with Crippen molar-refractivity contribution >= 4 is 23.2 Å². The van der Waals surface area contributed by atoms with Gasteiger partial charge < -0.3 is 15.4 Å². The molecule has 25 heavy (non-hydrogen) atoms. The van der Waals surface area contributed by atoms with Crippen molar-refractivity contribution in [1.29, 1.82) is 0 Å². The number of thiazole rings is 1. The van der Waals surface area contributed by atoms with Gasteiger partial charge in [0.25, 0.3) is 5.91 Å². The zero-order chi connectivity index (χ0) is 17.6. The highest BCUT2D eigenvalue weighted by Crippen LogP contribution is 2.25. The van der Waals surface area contributed by atoms with Gasteiger partial charge in [0.05, 0.1) is 18.9 Å². The van der Waals surface area contributed by atoms with Crippen LogP contribution in [0.4, 0.5) is 0 Å². The molecular weight excluding hydrogens is 338 g/mol. The topological polar surface area (TPSA) is 80.3 Å². The van der Waals surface area contributed by atoms with Crippen LogP contribution in [0.2, 0.25) is 0 Å². The van der Waals surface area contributed by atoms with Crippen molar-refractivity contribution in [2.45, 2.75) is 12.8 Å². The highest BCUT2D eigenvalue weighted by Gasteiger charge is 2.16. The van der Waals surface area contributed by atoms with Crippen molar-refractivity contribution in [3.63, 3.8) is 0 Å². The number of methoxy groups -OCH3 is 1. The Morgan fingerprint density at radius 3 is 2.68 bits per heavy atom. The Kier molecular flexibility index (Phi) is 5.78. The molecule has 2 heterocycles. The first-order chi connectivity index (χ1) is 12.2. The fraction of sp³-hybridized carbons (Fsp3) is 0.389. The fourth-order valence-electron chi connectivity index (χ4n) is 2.79. The van der Waals surface area contributed by atoms with Crippen LogP contribution in [0.5, 0.6) is 0 Å². The normalized spacial score (nSPS) is 14.9. The van der Waals surface area contributed by atoms with Crippen LogP contribution in [0.1, 0.15) is 32.9 Å². The molecule has 2 N–H and O–H groups in total. The highest BCUT2D eigenvalue weighted by atomic mass is 32.1. The lowest BCUT2D eigenvalue weighted by molar-refractivity contribution is 0.0600. The van der Waals surface area contributed by atoms with Crippen LogP contribution in [0.3, 0.4) is 0 Å². The first kappa shape index (κ1) is 17.6. The molecule has 1 aromatic carbocycles. The van der Waals surface area contributed by atoms with Crippen molar-refractivity contribution in [2.75, 3.05) is 26.7 Å². The van der Waals surface area contributed by atoms with Gasteiger partial charge in [0.15, 0.2) is 0 Å². The predicted octanol–water partition coefficient (Wildman–Crippen LogP) is 2.33. The van der Waals surface area contributed by atoms with Gasteiger partial charge >= 0.3 is 5.97 Å². The number of benzene rings is 1. The summed E-state index contributed by atoms with van der Waals surface area (Å²) in [4.78, 5) is 28.7. The lowest BCUT2D eigenvalue weighted by Gasteiger charge is -2.22. The maximum absolute atomic E-state index is 12.3. The second-order valence-electron chi connectivity index (χ2n) is 6.00. The summed E-state index contributed by atoms with van der Waals surface area (Å²) in [7, 11) is 1.35. The molecule has 7 heteroatoms.